The lowest BCUT2D eigenvalue weighted by molar-refractivity contribution is 1.03. The molecule has 0 aliphatic carbocycles. The van der Waals surface area contributed by atoms with Gasteiger partial charge in [-0.25, -0.2) is 0 Å². The molecule has 12 heavy (non-hydrogen) atoms. The molecule has 1 rings (SSSR count). The molecule has 0 radical (unpaired) electrons. The van der Waals surface area contributed by atoms with E-state index in [1.165, 1.54) is 10.8 Å². The van der Waals surface area contributed by atoms with Gasteiger partial charge in [0.05, 0.1) is 0 Å². The Morgan fingerprint density at radius 2 is 2.33 bits per heavy atom. The summed E-state index contributed by atoms with van der Waals surface area (Å²) >= 11 is 5.72. The molecule has 0 fully saturated rings. The normalized spacial score (nSPS) is 11.6. The predicted octanol–water partition coefficient (Wildman–Crippen LogP) is 1.55. The first kappa shape index (κ1) is 8.74. The smallest absolute Gasteiger partial charge is 0.129 e. The van der Waals surface area contributed by atoms with Crippen molar-refractivity contribution in [2.45, 2.75) is 0 Å². The lowest BCUT2D eigenvalue weighted by Crippen LogP contribution is -2.09. The molecule has 0 unspecified atom stereocenters. The fourth-order valence-electron chi connectivity index (χ4n) is 0.805. The maximum atomic E-state index is 5.72. The van der Waals surface area contributed by atoms with Crippen LogP contribution in [0.5, 0.6) is 0 Å². The van der Waals surface area contributed by atoms with Gasteiger partial charge < -0.3 is 11.6 Å². The molecule has 4 heteroatoms. The van der Waals surface area contributed by atoms with E-state index >= 15 is 0 Å². The van der Waals surface area contributed by atoms with Gasteiger partial charge in [-0.15, -0.1) is 0 Å². The molecule has 0 bridgehead atoms. The highest BCUT2D eigenvalue weighted by atomic mass is 35.5. The molecule has 0 aromatic carbocycles. The minimum atomic E-state index is 0.481. The molecule has 0 aliphatic rings. The second-order valence-electron chi connectivity index (χ2n) is 2.30. The van der Waals surface area contributed by atoms with Crippen LogP contribution in [-0.4, -0.2) is 4.68 Å². The van der Waals surface area contributed by atoms with E-state index in [0.717, 1.165) is 5.56 Å². The van der Waals surface area contributed by atoms with Gasteiger partial charge in [0.1, 0.15) is 5.82 Å². The summed E-state index contributed by atoms with van der Waals surface area (Å²) in [6, 6.07) is 1.78. The quantitative estimate of drug-likeness (QED) is 0.540. The number of aromatic nitrogens is 1. The highest BCUT2D eigenvalue weighted by molar-refractivity contribution is 6.33. The number of nitrogens with zero attached hydrogens (tertiary/aromatic N) is 1. The van der Waals surface area contributed by atoms with Gasteiger partial charge in [0.2, 0.25) is 0 Å². The summed E-state index contributed by atoms with van der Waals surface area (Å²) in [4.78, 5) is 0. The van der Waals surface area contributed by atoms with Crippen LogP contribution in [-0.2, 0) is 0 Å². The predicted molar refractivity (Wildman–Crippen MR) is 53.0 cm³/mol. The molecule has 64 valence electrons. The second-order valence-corrected chi connectivity index (χ2v) is 2.73. The molecule has 3 nitrogen and oxygen atoms in total. The first-order valence-electron chi connectivity index (χ1n) is 3.36. The van der Waals surface area contributed by atoms with Gasteiger partial charge >= 0.3 is 0 Å². The van der Waals surface area contributed by atoms with Gasteiger partial charge in [0.25, 0.3) is 0 Å². The lowest BCUT2D eigenvalue weighted by atomic mass is 10.3. The molecule has 0 spiro atoms. The van der Waals surface area contributed by atoms with Gasteiger partial charge in [0.15, 0.2) is 0 Å². The zero-order valence-corrected chi connectivity index (χ0v) is 7.25. The van der Waals surface area contributed by atoms with Crippen molar-refractivity contribution in [3.8, 4) is 0 Å². The third kappa shape index (κ3) is 1.62. The average Bonchev–Trinajstić information content (AvgIpc) is 2.36. The van der Waals surface area contributed by atoms with Crippen molar-refractivity contribution < 1.29 is 0 Å². The summed E-state index contributed by atoms with van der Waals surface area (Å²) < 4.78 is 1.33. The molecule has 0 amide bonds. The fraction of sp³-hybridized carbons (Fsp3) is 0. The molecule has 1 heterocycles. The topological polar surface area (TPSA) is 57.0 Å². The number of allylic oxidation sites excluding steroid dienone is 2. The van der Waals surface area contributed by atoms with Crippen LogP contribution in [0.3, 0.4) is 0 Å². The van der Waals surface area contributed by atoms with Crippen molar-refractivity contribution in [1.82, 2.24) is 4.68 Å². The molecule has 0 saturated heterocycles. The molecule has 1 aromatic rings. The van der Waals surface area contributed by atoms with E-state index in [9.17, 15) is 0 Å². The Bertz CT molecular complexity index is 325. The zero-order valence-electron chi connectivity index (χ0n) is 6.50. The standard InChI is InChI=1S/C8H10ClN3/c1-2-7(9)5-6-3-4-12(11)8(6)10/h2-5H,1,10-11H2/b7-5+. The van der Waals surface area contributed by atoms with E-state index in [4.69, 9.17) is 23.2 Å². The van der Waals surface area contributed by atoms with Gasteiger partial charge in [-0.05, 0) is 12.1 Å². The third-order valence-electron chi connectivity index (χ3n) is 1.48. The minimum Gasteiger partial charge on any atom is -0.383 e. The van der Waals surface area contributed by atoms with Crippen LogP contribution < -0.4 is 11.6 Å². The summed E-state index contributed by atoms with van der Waals surface area (Å²) in [5.41, 5.74) is 6.40. The first-order chi connectivity index (χ1) is 5.65. The Labute approximate surface area is 75.9 Å². The summed E-state index contributed by atoms with van der Waals surface area (Å²) in [7, 11) is 0. The number of nitrogen functional groups attached to an aromatic ring is 2. The number of nitrogens with two attached hydrogens (primary N) is 2. The third-order valence-corrected chi connectivity index (χ3v) is 1.74. The zero-order chi connectivity index (χ0) is 9.14. The minimum absolute atomic E-state index is 0.481. The molecule has 0 saturated carbocycles. The first-order valence-corrected chi connectivity index (χ1v) is 3.74. The van der Waals surface area contributed by atoms with E-state index < -0.39 is 0 Å². The molecular weight excluding hydrogens is 174 g/mol. The Kier molecular flexibility index (Phi) is 2.45. The largest absolute Gasteiger partial charge is 0.383 e. The van der Waals surface area contributed by atoms with Gasteiger partial charge in [-0.2, -0.15) is 0 Å². The number of hydrogen-bond donors (Lipinski definition) is 2. The highest BCUT2D eigenvalue weighted by Crippen LogP contribution is 2.16. The number of rotatable bonds is 2. The van der Waals surface area contributed by atoms with Gasteiger partial charge in [0, 0.05) is 16.8 Å². The summed E-state index contributed by atoms with van der Waals surface area (Å²) in [5, 5.41) is 0.535. The van der Waals surface area contributed by atoms with Crippen molar-refractivity contribution in [2.75, 3.05) is 11.6 Å². The SMILES string of the molecule is C=C/C(Cl)=C\c1ccn(N)c1N. The number of hydrogen-bond acceptors (Lipinski definition) is 2. The van der Waals surface area contributed by atoms with Crippen LogP contribution in [0.25, 0.3) is 6.08 Å². The van der Waals surface area contributed by atoms with Gasteiger partial charge in [-0.3, -0.25) is 4.68 Å². The maximum Gasteiger partial charge on any atom is 0.129 e. The van der Waals surface area contributed by atoms with Crippen LogP contribution in [0.15, 0.2) is 30.0 Å². The highest BCUT2D eigenvalue weighted by Gasteiger charge is 1.99. The lowest BCUT2D eigenvalue weighted by Gasteiger charge is -1.96. The number of anilines is 1. The molecule has 4 N–H and O–H groups in total. The number of halogens is 1. The van der Waals surface area contributed by atoms with Crippen molar-refractivity contribution in [2.24, 2.45) is 0 Å². The van der Waals surface area contributed by atoms with E-state index in [2.05, 4.69) is 6.58 Å². The van der Waals surface area contributed by atoms with Gasteiger partial charge in [-0.1, -0.05) is 24.3 Å². The molecule has 1 aromatic heterocycles. The molecular formula is C8H10ClN3. The Morgan fingerprint density at radius 3 is 2.75 bits per heavy atom. The van der Waals surface area contributed by atoms with Crippen molar-refractivity contribution in [3.63, 3.8) is 0 Å². The van der Waals surface area contributed by atoms with Crippen LogP contribution in [0, 0.1) is 0 Å². The van der Waals surface area contributed by atoms with Crippen molar-refractivity contribution >= 4 is 23.5 Å². The Balaban J connectivity index is 3.04. The van der Waals surface area contributed by atoms with Crippen LogP contribution in [0.2, 0.25) is 0 Å². The summed E-state index contributed by atoms with van der Waals surface area (Å²) in [6.07, 6.45) is 4.90. The summed E-state index contributed by atoms with van der Waals surface area (Å²) in [6.45, 7) is 3.51. The van der Waals surface area contributed by atoms with E-state index in [1.807, 2.05) is 0 Å². The maximum absolute atomic E-state index is 5.72. The molecule has 0 atom stereocenters. The Morgan fingerprint density at radius 1 is 1.67 bits per heavy atom. The fourth-order valence-corrected chi connectivity index (χ4v) is 0.922. The van der Waals surface area contributed by atoms with Crippen molar-refractivity contribution in [1.29, 1.82) is 0 Å². The van der Waals surface area contributed by atoms with E-state index in [1.54, 1.807) is 18.3 Å². The van der Waals surface area contributed by atoms with Crippen LogP contribution in [0.4, 0.5) is 5.82 Å². The van der Waals surface area contributed by atoms with E-state index in [-0.39, 0.29) is 0 Å². The molecule has 0 aliphatic heterocycles. The van der Waals surface area contributed by atoms with E-state index in [0.29, 0.717) is 10.9 Å². The Hall–Kier alpha value is -1.35. The summed E-state index contributed by atoms with van der Waals surface area (Å²) in [5.74, 6) is 5.93. The van der Waals surface area contributed by atoms with Crippen LogP contribution >= 0.6 is 11.6 Å². The second kappa shape index (κ2) is 3.36. The monoisotopic (exact) mass is 183 g/mol. The average molecular weight is 184 g/mol. The van der Waals surface area contributed by atoms with Crippen LogP contribution in [0.1, 0.15) is 5.56 Å². The van der Waals surface area contributed by atoms with Crippen molar-refractivity contribution in [3.05, 3.63) is 35.5 Å².